The van der Waals surface area contributed by atoms with Crippen molar-refractivity contribution in [2.24, 2.45) is 17.6 Å². The summed E-state index contributed by atoms with van der Waals surface area (Å²) in [6.45, 7) is 3.81. The van der Waals surface area contributed by atoms with E-state index >= 15 is 0 Å². The van der Waals surface area contributed by atoms with Gasteiger partial charge in [0.2, 0.25) is 0 Å². The van der Waals surface area contributed by atoms with Gasteiger partial charge in [0.05, 0.1) is 7.11 Å². The lowest BCUT2D eigenvalue weighted by atomic mass is 9.84. The Morgan fingerprint density at radius 3 is 2.48 bits per heavy atom. The molecule has 0 unspecified atom stereocenters. The van der Waals surface area contributed by atoms with Gasteiger partial charge >= 0.3 is 0 Å². The highest BCUT2D eigenvalue weighted by Crippen LogP contribution is 2.30. The van der Waals surface area contributed by atoms with Crippen LogP contribution in [0.3, 0.4) is 0 Å². The van der Waals surface area contributed by atoms with Crippen molar-refractivity contribution in [2.45, 2.75) is 57.4 Å². The van der Waals surface area contributed by atoms with E-state index in [1.807, 2.05) is 6.07 Å². The molecule has 0 spiro atoms. The van der Waals surface area contributed by atoms with Gasteiger partial charge in [-0.15, -0.1) is 0 Å². The van der Waals surface area contributed by atoms with Gasteiger partial charge in [0.25, 0.3) is 0 Å². The number of nitrogens with zero attached hydrogens (tertiary/aromatic N) is 1. The summed E-state index contributed by atoms with van der Waals surface area (Å²) in [5, 5.41) is 0. The summed E-state index contributed by atoms with van der Waals surface area (Å²) in [6.07, 6.45) is 10.3. The van der Waals surface area contributed by atoms with E-state index < -0.39 is 0 Å². The topological polar surface area (TPSA) is 38.5 Å². The van der Waals surface area contributed by atoms with Gasteiger partial charge in [-0.05, 0) is 107 Å². The summed E-state index contributed by atoms with van der Waals surface area (Å²) in [5.41, 5.74) is 7.41. The van der Waals surface area contributed by atoms with Crippen molar-refractivity contribution in [3.05, 3.63) is 28.2 Å². The van der Waals surface area contributed by atoms with E-state index in [2.05, 4.69) is 33.0 Å². The first-order valence-corrected chi connectivity index (χ1v) is 10.7. The van der Waals surface area contributed by atoms with E-state index in [1.54, 1.807) is 7.11 Å². The lowest BCUT2D eigenvalue weighted by molar-refractivity contribution is 0.165. The van der Waals surface area contributed by atoms with Crippen LogP contribution in [0.15, 0.2) is 22.7 Å². The van der Waals surface area contributed by atoms with Crippen LogP contribution in [0.5, 0.6) is 5.75 Å². The number of likely N-dealkylation sites (tertiary alicyclic amines) is 1. The molecule has 1 heterocycles. The highest BCUT2D eigenvalue weighted by Gasteiger charge is 2.23. The average Bonchev–Trinajstić information content (AvgIpc) is 2.64. The molecular weight excluding hydrogens is 376 g/mol. The minimum absolute atomic E-state index is 0.475. The third kappa shape index (κ3) is 5.70. The number of methoxy groups -OCH3 is 1. The number of halogens is 1. The van der Waals surface area contributed by atoms with Gasteiger partial charge in [-0.3, -0.25) is 0 Å². The van der Waals surface area contributed by atoms with Gasteiger partial charge < -0.3 is 15.4 Å². The van der Waals surface area contributed by atoms with Crippen molar-refractivity contribution in [3.63, 3.8) is 0 Å². The molecular formula is C21H33BrN2O. The smallest absolute Gasteiger partial charge is 0.119 e. The number of benzene rings is 1. The summed E-state index contributed by atoms with van der Waals surface area (Å²) in [6, 6.07) is 6.79. The van der Waals surface area contributed by atoms with Crippen molar-refractivity contribution >= 4 is 15.9 Å². The van der Waals surface area contributed by atoms with Crippen LogP contribution >= 0.6 is 15.9 Å². The Morgan fingerprint density at radius 1 is 1.08 bits per heavy atom. The molecule has 1 aliphatic heterocycles. The molecule has 25 heavy (non-hydrogen) atoms. The molecule has 3 nitrogen and oxygen atoms in total. The van der Waals surface area contributed by atoms with Gasteiger partial charge in [-0.25, -0.2) is 0 Å². The molecule has 2 N–H and O–H groups in total. The van der Waals surface area contributed by atoms with Gasteiger partial charge in [0.1, 0.15) is 5.75 Å². The number of hydrogen-bond donors (Lipinski definition) is 1. The van der Waals surface area contributed by atoms with Crippen LogP contribution in [0.2, 0.25) is 0 Å². The first-order chi connectivity index (χ1) is 12.1. The second-order valence-electron chi connectivity index (χ2n) is 8.02. The van der Waals surface area contributed by atoms with Crippen LogP contribution in [0.1, 0.15) is 50.5 Å². The molecule has 0 atom stereocenters. The SMILES string of the molecule is COc1ccc(Br)c(CC2CCN(CCC3CCC(N)CC3)CC2)c1. The molecule has 1 saturated carbocycles. The first-order valence-electron chi connectivity index (χ1n) is 9.94. The molecule has 1 aromatic carbocycles. The molecule has 2 fully saturated rings. The van der Waals surface area contributed by atoms with Gasteiger partial charge in [0.15, 0.2) is 0 Å². The molecule has 0 radical (unpaired) electrons. The molecule has 140 valence electrons. The fourth-order valence-electron chi connectivity index (χ4n) is 4.40. The Labute approximate surface area is 161 Å². The van der Waals surface area contributed by atoms with E-state index in [0.717, 1.165) is 24.0 Å². The summed E-state index contributed by atoms with van der Waals surface area (Å²) in [4.78, 5) is 2.69. The maximum Gasteiger partial charge on any atom is 0.119 e. The number of ether oxygens (including phenoxy) is 1. The predicted octanol–water partition coefficient (Wildman–Crippen LogP) is 4.62. The van der Waals surface area contributed by atoms with Crippen molar-refractivity contribution < 1.29 is 4.74 Å². The van der Waals surface area contributed by atoms with Gasteiger partial charge in [-0.1, -0.05) is 15.9 Å². The maximum atomic E-state index is 6.02. The maximum absolute atomic E-state index is 6.02. The molecule has 3 rings (SSSR count). The third-order valence-corrected chi connectivity index (χ3v) is 6.99. The van der Waals surface area contributed by atoms with E-state index in [1.165, 1.54) is 74.6 Å². The first kappa shape index (κ1) is 19.2. The fraction of sp³-hybridized carbons (Fsp3) is 0.714. The zero-order chi connectivity index (χ0) is 17.6. The Morgan fingerprint density at radius 2 is 1.80 bits per heavy atom. The molecule has 1 aromatic rings. The van der Waals surface area contributed by atoms with Crippen LogP contribution in [0, 0.1) is 11.8 Å². The summed E-state index contributed by atoms with van der Waals surface area (Å²) >= 11 is 3.70. The fourth-order valence-corrected chi connectivity index (χ4v) is 4.81. The normalized spacial score (nSPS) is 25.9. The highest BCUT2D eigenvalue weighted by molar-refractivity contribution is 9.10. The lowest BCUT2D eigenvalue weighted by Crippen LogP contribution is -2.36. The molecule has 4 heteroatoms. The van der Waals surface area contributed by atoms with Crippen LogP contribution in [0.25, 0.3) is 0 Å². The Bertz CT molecular complexity index is 535. The summed E-state index contributed by atoms with van der Waals surface area (Å²) < 4.78 is 6.59. The predicted molar refractivity (Wildman–Crippen MR) is 108 cm³/mol. The standard InChI is InChI=1S/C21H33BrN2O/c1-25-20-6-7-21(22)18(15-20)14-17-9-12-24(13-10-17)11-8-16-2-4-19(23)5-3-16/h6-7,15-17,19H,2-5,8-14,23H2,1H3. The van der Waals surface area contributed by atoms with Gasteiger partial charge in [-0.2, -0.15) is 0 Å². The van der Waals surface area contributed by atoms with Crippen molar-refractivity contribution in [3.8, 4) is 5.75 Å². The molecule has 0 aromatic heterocycles. The van der Waals surface area contributed by atoms with Crippen molar-refractivity contribution in [2.75, 3.05) is 26.7 Å². The summed E-state index contributed by atoms with van der Waals surface area (Å²) in [7, 11) is 1.74. The quantitative estimate of drug-likeness (QED) is 0.745. The monoisotopic (exact) mass is 408 g/mol. The lowest BCUT2D eigenvalue weighted by Gasteiger charge is -2.34. The number of nitrogens with two attached hydrogens (primary N) is 1. The zero-order valence-electron chi connectivity index (χ0n) is 15.6. The van der Waals surface area contributed by atoms with E-state index in [0.29, 0.717) is 6.04 Å². The van der Waals surface area contributed by atoms with E-state index in [-0.39, 0.29) is 0 Å². The Kier molecular flexibility index (Phi) is 7.20. The van der Waals surface area contributed by atoms with E-state index in [9.17, 15) is 0 Å². The Hall–Kier alpha value is -0.580. The van der Waals surface area contributed by atoms with E-state index in [4.69, 9.17) is 10.5 Å². The van der Waals surface area contributed by atoms with Gasteiger partial charge in [0, 0.05) is 10.5 Å². The number of piperidine rings is 1. The summed E-state index contributed by atoms with van der Waals surface area (Å²) in [5.74, 6) is 2.68. The van der Waals surface area contributed by atoms with Crippen molar-refractivity contribution in [1.29, 1.82) is 0 Å². The molecule has 2 aliphatic rings. The second-order valence-corrected chi connectivity index (χ2v) is 8.87. The average molecular weight is 409 g/mol. The molecule has 1 saturated heterocycles. The number of rotatable bonds is 6. The van der Waals surface area contributed by atoms with Crippen LogP contribution in [-0.4, -0.2) is 37.7 Å². The molecule has 0 amide bonds. The second kappa shape index (κ2) is 9.38. The van der Waals surface area contributed by atoms with Crippen molar-refractivity contribution in [1.82, 2.24) is 4.90 Å². The third-order valence-electron chi connectivity index (χ3n) is 6.21. The molecule has 0 bridgehead atoms. The minimum Gasteiger partial charge on any atom is -0.497 e. The van der Waals surface area contributed by atoms with Crippen LogP contribution in [0.4, 0.5) is 0 Å². The highest BCUT2D eigenvalue weighted by atomic mass is 79.9. The number of hydrogen-bond acceptors (Lipinski definition) is 3. The Balaban J connectivity index is 1.40. The molecule has 1 aliphatic carbocycles. The largest absolute Gasteiger partial charge is 0.497 e. The van der Waals surface area contributed by atoms with Crippen LogP contribution < -0.4 is 10.5 Å². The zero-order valence-corrected chi connectivity index (χ0v) is 17.1. The van der Waals surface area contributed by atoms with Crippen LogP contribution in [-0.2, 0) is 6.42 Å². The minimum atomic E-state index is 0.475.